The third kappa shape index (κ3) is 5.11. The lowest BCUT2D eigenvalue weighted by atomic mass is 10.2. The van der Waals surface area contributed by atoms with Crippen molar-refractivity contribution in [2.45, 2.75) is 0 Å². The lowest BCUT2D eigenvalue weighted by molar-refractivity contribution is 0.240. The second-order valence-corrected chi connectivity index (χ2v) is 6.83. The third-order valence-electron chi connectivity index (χ3n) is 4.28. The predicted octanol–water partition coefficient (Wildman–Crippen LogP) is 2.70. The zero-order valence-corrected chi connectivity index (χ0v) is 15.2. The highest BCUT2D eigenvalue weighted by atomic mass is 32.1. The molecular weight excluding hydrogens is 336 g/mol. The molecule has 0 atom stereocenters. The molecule has 2 heterocycles. The molecule has 6 nitrogen and oxygen atoms in total. The van der Waals surface area contributed by atoms with Crippen LogP contribution < -0.4 is 20.3 Å². The van der Waals surface area contributed by atoms with Gasteiger partial charge in [0.25, 0.3) is 0 Å². The molecule has 1 aliphatic heterocycles. The van der Waals surface area contributed by atoms with E-state index >= 15 is 0 Å². The van der Waals surface area contributed by atoms with Gasteiger partial charge in [-0.05, 0) is 41.8 Å². The fraction of sp³-hybridized carbons (Fsp3) is 0.389. The van der Waals surface area contributed by atoms with E-state index in [9.17, 15) is 4.79 Å². The van der Waals surface area contributed by atoms with Crippen LogP contribution in [0.25, 0.3) is 0 Å². The van der Waals surface area contributed by atoms with Crippen LogP contribution >= 0.6 is 11.3 Å². The van der Waals surface area contributed by atoms with Gasteiger partial charge in [-0.2, -0.15) is 0 Å². The van der Waals surface area contributed by atoms with Gasteiger partial charge in [-0.25, -0.2) is 4.79 Å². The molecular formula is C18H24N4O2S. The number of benzene rings is 1. The van der Waals surface area contributed by atoms with Crippen molar-refractivity contribution >= 4 is 28.1 Å². The van der Waals surface area contributed by atoms with Crippen LogP contribution in [0.2, 0.25) is 0 Å². The number of methoxy groups -OCH3 is 1. The van der Waals surface area contributed by atoms with E-state index in [2.05, 4.69) is 32.6 Å². The van der Waals surface area contributed by atoms with Crippen LogP contribution in [-0.4, -0.2) is 57.3 Å². The maximum Gasteiger partial charge on any atom is 0.319 e. The number of hydrogen-bond donors (Lipinski definition) is 2. The zero-order valence-electron chi connectivity index (χ0n) is 14.4. The van der Waals surface area contributed by atoms with E-state index in [0.717, 1.165) is 43.5 Å². The zero-order chi connectivity index (χ0) is 17.5. The number of nitrogens with one attached hydrogen (secondary N) is 2. The number of ether oxygens (including phenoxy) is 1. The minimum atomic E-state index is -0.140. The summed E-state index contributed by atoms with van der Waals surface area (Å²) in [6, 6.07) is 11.9. The average Bonchev–Trinajstić information content (AvgIpc) is 3.15. The number of anilines is 2. The molecule has 0 spiro atoms. The number of thiophene rings is 1. The van der Waals surface area contributed by atoms with E-state index in [1.54, 1.807) is 7.11 Å². The molecule has 0 saturated carbocycles. The Bertz CT molecular complexity index is 652. The van der Waals surface area contributed by atoms with E-state index in [1.165, 1.54) is 17.0 Å². The number of urea groups is 1. The largest absolute Gasteiger partial charge is 0.497 e. The van der Waals surface area contributed by atoms with Crippen LogP contribution in [0.15, 0.2) is 41.8 Å². The van der Waals surface area contributed by atoms with Gasteiger partial charge in [0.1, 0.15) is 5.75 Å². The molecule has 7 heteroatoms. The van der Waals surface area contributed by atoms with Gasteiger partial charge in [0.2, 0.25) is 0 Å². The van der Waals surface area contributed by atoms with Crippen LogP contribution in [0.1, 0.15) is 0 Å². The quantitative estimate of drug-likeness (QED) is 0.832. The molecule has 3 rings (SSSR count). The molecule has 0 unspecified atom stereocenters. The fourth-order valence-corrected chi connectivity index (χ4v) is 3.47. The van der Waals surface area contributed by atoms with Crippen LogP contribution in [0.4, 0.5) is 15.5 Å². The second-order valence-electron chi connectivity index (χ2n) is 5.88. The Morgan fingerprint density at radius 2 is 1.92 bits per heavy atom. The molecule has 2 amide bonds. The molecule has 25 heavy (non-hydrogen) atoms. The molecule has 1 saturated heterocycles. The Hall–Kier alpha value is -2.25. The van der Waals surface area contributed by atoms with Crippen molar-refractivity contribution < 1.29 is 9.53 Å². The Morgan fingerprint density at radius 1 is 1.16 bits per heavy atom. The Balaban J connectivity index is 1.35. The average molecular weight is 360 g/mol. The maximum absolute atomic E-state index is 11.8. The monoisotopic (exact) mass is 360 g/mol. The molecule has 0 radical (unpaired) electrons. The molecule has 0 bridgehead atoms. The van der Waals surface area contributed by atoms with Gasteiger partial charge in [0.05, 0.1) is 12.1 Å². The highest BCUT2D eigenvalue weighted by Crippen LogP contribution is 2.20. The van der Waals surface area contributed by atoms with Crippen molar-refractivity contribution in [3.05, 3.63) is 41.8 Å². The van der Waals surface area contributed by atoms with Gasteiger partial charge in [0, 0.05) is 45.0 Å². The van der Waals surface area contributed by atoms with Crippen LogP contribution in [0.3, 0.4) is 0 Å². The summed E-state index contributed by atoms with van der Waals surface area (Å²) in [5.41, 5.74) is 1.23. The minimum Gasteiger partial charge on any atom is -0.497 e. The lowest BCUT2D eigenvalue weighted by Gasteiger charge is -2.36. The van der Waals surface area contributed by atoms with Crippen molar-refractivity contribution in [3.8, 4) is 5.75 Å². The van der Waals surface area contributed by atoms with E-state index < -0.39 is 0 Å². The van der Waals surface area contributed by atoms with Gasteiger partial charge in [-0.3, -0.25) is 10.2 Å². The van der Waals surface area contributed by atoms with E-state index in [-0.39, 0.29) is 6.03 Å². The lowest BCUT2D eigenvalue weighted by Crippen LogP contribution is -2.48. The van der Waals surface area contributed by atoms with Crippen LogP contribution in [-0.2, 0) is 0 Å². The number of nitrogens with zero attached hydrogens (tertiary/aromatic N) is 2. The van der Waals surface area contributed by atoms with Crippen LogP contribution in [0, 0.1) is 0 Å². The summed E-state index contributed by atoms with van der Waals surface area (Å²) in [6.07, 6.45) is 0. The number of hydrogen-bond acceptors (Lipinski definition) is 5. The first-order chi connectivity index (χ1) is 12.2. The van der Waals surface area contributed by atoms with E-state index in [1.807, 2.05) is 29.6 Å². The summed E-state index contributed by atoms with van der Waals surface area (Å²) in [4.78, 5) is 16.6. The fourth-order valence-electron chi connectivity index (χ4n) is 2.86. The highest BCUT2D eigenvalue weighted by molar-refractivity contribution is 7.14. The molecule has 1 aromatic carbocycles. The summed E-state index contributed by atoms with van der Waals surface area (Å²) < 4.78 is 5.20. The molecule has 2 N–H and O–H groups in total. The summed E-state index contributed by atoms with van der Waals surface area (Å²) >= 11 is 1.52. The number of rotatable bonds is 6. The Labute approximate surface area is 152 Å². The topological polar surface area (TPSA) is 56.8 Å². The number of piperazine rings is 1. The van der Waals surface area contributed by atoms with Gasteiger partial charge in [-0.15, -0.1) is 11.3 Å². The predicted molar refractivity (Wildman–Crippen MR) is 103 cm³/mol. The van der Waals surface area contributed by atoms with Crippen molar-refractivity contribution in [1.29, 1.82) is 0 Å². The molecule has 1 fully saturated rings. The summed E-state index contributed by atoms with van der Waals surface area (Å²) in [7, 11) is 1.68. The molecule has 2 aromatic rings. The second kappa shape index (κ2) is 8.73. The normalized spacial score (nSPS) is 15.0. The summed E-state index contributed by atoms with van der Waals surface area (Å²) in [5.74, 6) is 0.884. The minimum absolute atomic E-state index is 0.140. The van der Waals surface area contributed by atoms with Crippen molar-refractivity contribution in [1.82, 2.24) is 10.2 Å². The highest BCUT2D eigenvalue weighted by Gasteiger charge is 2.17. The smallest absolute Gasteiger partial charge is 0.319 e. The molecule has 1 aliphatic rings. The summed E-state index contributed by atoms with van der Waals surface area (Å²) in [5, 5.41) is 8.55. The van der Waals surface area contributed by atoms with Crippen molar-refractivity contribution in [2.75, 3.05) is 56.6 Å². The first kappa shape index (κ1) is 17.6. The molecule has 134 valence electrons. The first-order valence-corrected chi connectivity index (χ1v) is 9.32. The van der Waals surface area contributed by atoms with E-state index in [4.69, 9.17) is 4.74 Å². The Morgan fingerprint density at radius 3 is 2.56 bits per heavy atom. The number of carbonyl (C=O) groups excluding carboxylic acids is 1. The molecule has 0 aliphatic carbocycles. The van der Waals surface area contributed by atoms with Crippen molar-refractivity contribution in [3.63, 3.8) is 0 Å². The number of carbonyl (C=O) groups is 1. The van der Waals surface area contributed by atoms with Crippen molar-refractivity contribution in [2.24, 2.45) is 0 Å². The van der Waals surface area contributed by atoms with Gasteiger partial charge in [0.15, 0.2) is 0 Å². The number of amides is 2. The first-order valence-electron chi connectivity index (χ1n) is 8.44. The van der Waals surface area contributed by atoms with Gasteiger partial charge < -0.3 is 15.0 Å². The maximum atomic E-state index is 11.8. The van der Waals surface area contributed by atoms with E-state index in [0.29, 0.717) is 6.54 Å². The molecule has 1 aromatic heterocycles. The SMILES string of the molecule is COc1ccc(N2CCN(CCNC(=O)Nc3cccs3)CC2)cc1. The summed E-state index contributed by atoms with van der Waals surface area (Å²) in [6.45, 7) is 5.51. The van der Waals surface area contributed by atoms with Crippen LogP contribution in [0.5, 0.6) is 5.75 Å². The van der Waals surface area contributed by atoms with Gasteiger partial charge >= 0.3 is 6.03 Å². The Kier molecular flexibility index (Phi) is 6.14. The third-order valence-corrected chi connectivity index (χ3v) is 5.07. The standard InChI is InChI=1S/C18H24N4O2S/c1-24-16-6-4-15(5-7-16)22-12-10-21(11-13-22)9-8-19-18(23)20-17-3-2-14-25-17/h2-7,14H,8-13H2,1H3,(H2,19,20,23). The van der Waals surface area contributed by atoms with Gasteiger partial charge in [-0.1, -0.05) is 0 Å².